The van der Waals surface area contributed by atoms with Crippen LogP contribution in [-0.4, -0.2) is 80.1 Å². The molecule has 0 radical (unpaired) electrons. The monoisotopic (exact) mass is 718 g/mol. The molecule has 2 aliphatic rings. The number of hydrogen-bond donors (Lipinski definition) is 0. The number of aryl methyl sites for hydroxylation is 3. The van der Waals surface area contributed by atoms with Crippen LogP contribution in [0.5, 0.6) is 0 Å². The van der Waals surface area contributed by atoms with Gasteiger partial charge in [-0.05, 0) is 82.1 Å². The summed E-state index contributed by atoms with van der Waals surface area (Å²) in [5.41, 5.74) is 5.49. The standard InChI is InChI=1S/C36H40BrClN6O3/c1-2-19-47-36(46)44-18-17-42(34-31-12-11-30(38)21-27(31)9-10-28-20-29(37)22-40-33(28)34)24-32(44)35(45)43(23-26-7-4-3-5-8-26)15-6-14-41-16-13-39-25-41/h3-5,7-8,11-13,16,20-22,25,32,34H,2,6,9-10,14-15,17-19,23-24H2,1H3/t32-,34+/m1/s1. The second kappa shape index (κ2) is 15.4. The van der Waals surface area contributed by atoms with E-state index in [1.165, 1.54) is 5.56 Å². The van der Waals surface area contributed by atoms with Crippen molar-refractivity contribution in [2.45, 2.75) is 57.8 Å². The van der Waals surface area contributed by atoms with Gasteiger partial charge in [-0.3, -0.25) is 19.6 Å². The topological polar surface area (TPSA) is 83.8 Å². The molecule has 9 nitrogen and oxygen atoms in total. The number of carbonyl (C=O) groups excluding carboxylic acids is 2. The lowest BCUT2D eigenvalue weighted by Gasteiger charge is -2.44. The Bertz CT molecular complexity index is 1620. The smallest absolute Gasteiger partial charge is 0.410 e. The first-order chi connectivity index (χ1) is 22.9. The number of imidazole rings is 1. The fourth-order valence-corrected chi connectivity index (χ4v) is 7.24. The van der Waals surface area contributed by atoms with Gasteiger partial charge in [0.05, 0.1) is 24.7 Å². The van der Waals surface area contributed by atoms with Crippen LogP contribution in [0, 0.1) is 0 Å². The first-order valence-corrected chi connectivity index (χ1v) is 17.5. The fraction of sp³-hybridized carbons (Fsp3) is 0.389. The van der Waals surface area contributed by atoms with E-state index in [9.17, 15) is 9.59 Å². The zero-order chi connectivity index (χ0) is 32.8. The average molecular weight is 720 g/mol. The second-order valence-corrected chi connectivity index (χ2v) is 13.5. The highest BCUT2D eigenvalue weighted by molar-refractivity contribution is 9.10. The molecule has 1 fully saturated rings. The molecule has 246 valence electrons. The quantitative estimate of drug-likeness (QED) is 0.185. The number of halogens is 2. The van der Waals surface area contributed by atoms with E-state index in [4.69, 9.17) is 21.3 Å². The number of rotatable bonds is 10. The molecule has 0 bridgehead atoms. The third-order valence-corrected chi connectivity index (χ3v) is 9.62. The van der Waals surface area contributed by atoms with Crippen LogP contribution in [0.2, 0.25) is 5.02 Å². The summed E-state index contributed by atoms with van der Waals surface area (Å²) in [6.07, 6.45) is 9.99. The molecule has 2 aromatic carbocycles. The summed E-state index contributed by atoms with van der Waals surface area (Å²) in [4.78, 5) is 43.2. The van der Waals surface area contributed by atoms with Crippen molar-refractivity contribution in [2.75, 3.05) is 32.8 Å². The summed E-state index contributed by atoms with van der Waals surface area (Å²) in [5, 5.41) is 0.700. The lowest BCUT2D eigenvalue weighted by Crippen LogP contribution is -2.61. The lowest BCUT2D eigenvalue weighted by atomic mass is 9.95. The van der Waals surface area contributed by atoms with Crippen molar-refractivity contribution >= 4 is 39.5 Å². The highest BCUT2D eigenvalue weighted by Crippen LogP contribution is 2.38. The Morgan fingerprint density at radius 2 is 1.91 bits per heavy atom. The average Bonchev–Trinajstić information content (AvgIpc) is 3.55. The van der Waals surface area contributed by atoms with Crippen LogP contribution in [0.25, 0.3) is 0 Å². The van der Waals surface area contributed by atoms with Gasteiger partial charge in [0.15, 0.2) is 0 Å². The molecule has 0 unspecified atom stereocenters. The summed E-state index contributed by atoms with van der Waals surface area (Å²) >= 11 is 10.1. The molecule has 2 aromatic heterocycles. The van der Waals surface area contributed by atoms with Gasteiger partial charge < -0.3 is 14.2 Å². The SMILES string of the molecule is CCCOC(=O)N1CCN([C@H]2c3ccc(Cl)cc3CCc3cc(Br)cnc32)C[C@@H]1C(=O)N(CCCn1ccnc1)Cc1ccccc1. The van der Waals surface area contributed by atoms with Crippen molar-refractivity contribution in [3.05, 3.63) is 117 Å². The second-order valence-electron chi connectivity index (χ2n) is 12.2. The summed E-state index contributed by atoms with van der Waals surface area (Å²) < 4.78 is 8.58. The van der Waals surface area contributed by atoms with E-state index >= 15 is 0 Å². The molecule has 11 heteroatoms. The van der Waals surface area contributed by atoms with Crippen molar-refractivity contribution < 1.29 is 14.3 Å². The van der Waals surface area contributed by atoms with Gasteiger partial charge in [0.25, 0.3) is 0 Å². The van der Waals surface area contributed by atoms with Crippen LogP contribution in [0.4, 0.5) is 4.79 Å². The van der Waals surface area contributed by atoms with E-state index in [2.05, 4.69) is 37.9 Å². The largest absolute Gasteiger partial charge is 0.449 e. The Morgan fingerprint density at radius 3 is 2.70 bits per heavy atom. The number of amides is 2. The van der Waals surface area contributed by atoms with E-state index < -0.39 is 12.1 Å². The van der Waals surface area contributed by atoms with Crippen LogP contribution in [0.3, 0.4) is 0 Å². The van der Waals surface area contributed by atoms with Gasteiger partial charge >= 0.3 is 6.09 Å². The molecule has 6 rings (SSSR count). The van der Waals surface area contributed by atoms with Gasteiger partial charge in [-0.15, -0.1) is 0 Å². The Balaban J connectivity index is 1.34. The van der Waals surface area contributed by atoms with Gasteiger partial charge in [0.2, 0.25) is 5.91 Å². The van der Waals surface area contributed by atoms with Crippen molar-refractivity contribution in [3.63, 3.8) is 0 Å². The van der Waals surface area contributed by atoms with E-state index in [0.29, 0.717) is 50.8 Å². The Hall–Kier alpha value is -3.73. The van der Waals surface area contributed by atoms with E-state index in [1.807, 2.05) is 71.2 Å². The summed E-state index contributed by atoms with van der Waals surface area (Å²) in [5.74, 6) is -0.0911. The minimum atomic E-state index is -0.733. The molecule has 4 aromatic rings. The van der Waals surface area contributed by atoms with Gasteiger partial charge in [0.1, 0.15) is 6.04 Å². The van der Waals surface area contributed by atoms with Crippen LogP contribution >= 0.6 is 27.5 Å². The third-order valence-electron chi connectivity index (χ3n) is 8.95. The molecule has 2 amide bonds. The highest BCUT2D eigenvalue weighted by Gasteiger charge is 2.42. The number of hydrogen-bond acceptors (Lipinski definition) is 6. The lowest BCUT2D eigenvalue weighted by molar-refractivity contribution is -0.140. The molecule has 1 saturated heterocycles. The number of piperazine rings is 1. The molecular formula is C36H40BrClN6O3. The van der Waals surface area contributed by atoms with E-state index in [1.54, 1.807) is 17.4 Å². The summed E-state index contributed by atoms with van der Waals surface area (Å²) in [7, 11) is 0. The van der Waals surface area contributed by atoms with Crippen molar-refractivity contribution in [2.24, 2.45) is 0 Å². The minimum absolute atomic E-state index is 0.0911. The van der Waals surface area contributed by atoms with Crippen LogP contribution in [-0.2, 0) is 35.5 Å². The van der Waals surface area contributed by atoms with Gasteiger partial charge in [-0.2, -0.15) is 0 Å². The van der Waals surface area contributed by atoms with Crippen LogP contribution in [0.15, 0.2) is 84.0 Å². The normalized spacial score (nSPS) is 17.8. The maximum absolute atomic E-state index is 14.8. The van der Waals surface area contributed by atoms with Crippen molar-refractivity contribution in [3.8, 4) is 0 Å². The van der Waals surface area contributed by atoms with Gasteiger partial charge in [0, 0.05) is 67.4 Å². The van der Waals surface area contributed by atoms with Crippen LogP contribution in [0.1, 0.15) is 53.8 Å². The fourth-order valence-electron chi connectivity index (χ4n) is 6.67. The first kappa shape index (κ1) is 33.2. The van der Waals surface area contributed by atoms with E-state index in [0.717, 1.165) is 52.7 Å². The Labute approximate surface area is 289 Å². The predicted molar refractivity (Wildman–Crippen MR) is 185 cm³/mol. The van der Waals surface area contributed by atoms with Gasteiger partial charge in [-0.1, -0.05) is 54.9 Å². The van der Waals surface area contributed by atoms with E-state index in [-0.39, 0.29) is 11.9 Å². The molecule has 47 heavy (non-hydrogen) atoms. The molecule has 0 spiro atoms. The Kier molecular flexibility index (Phi) is 10.9. The number of pyridine rings is 1. The molecule has 3 heterocycles. The minimum Gasteiger partial charge on any atom is -0.449 e. The van der Waals surface area contributed by atoms with Crippen molar-refractivity contribution in [1.82, 2.24) is 29.2 Å². The summed E-state index contributed by atoms with van der Waals surface area (Å²) in [6, 6.07) is 17.3. The highest BCUT2D eigenvalue weighted by atomic mass is 79.9. The zero-order valence-corrected chi connectivity index (χ0v) is 28.9. The maximum atomic E-state index is 14.8. The van der Waals surface area contributed by atoms with Crippen molar-refractivity contribution in [1.29, 1.82) is 0 Å². The zero-order valence-electron chi connectivity index (χ0n) is 26.6. The van der Waals surface area contributed by atoms with Crippen LogP contribution < -0.4 is 0 Å². The van der Waals surface area contributed by atoms with Gasteiger partial charge in [-0.25, -0.2) is 9.78 Å². The number of nitrogens with zero attached hydrogens (tertiary/aromatic N) is 6. The maximum Gasteiger partial charge on any atom is 0.410 e. The third kappa shape index (κ3) is 7.88. The number of benzene rings is 2. The number of aromatic nitrogens is 3. The molecule has 2 atom stereocenters. The molecule has 0 saturated carbocycles. The predicted octanol–water partition coefficient (Wildman–Crippen LogP) is 6.53. The summed E-state index contributed by atoms with van der Waals surface area (Å²) in [6.45, 7) is 5.25. The number of fused-ring (bicyclic) bond motifs is 2. The number of carbonyl (C=O) groups is 2. The first-order valence-electron chi connectivity index (χ1n) is 16.3. The molecule has 1 aliphatic heterocycles. The number of ether oxygens (including phenoxy) is 1. The molecule has 0 N–H and O–H groups in total. The molecule has 1 aliphatic carbocycles. The Morgan fingerprint density at radius 1 is 1.09 bits per heavy atom. The molecular weight excluding hydrogens is 680 g/mol.